The number of pyridine rings is 3. The first-order valence-corrected chi connectivity index (χ1v) is 46.0. The van der Waals surface area contributed by atoms with Gasteiger partial charge >= 0.3 is 0 Å². The molecule has 2 aromatic carbocycles. The number of rotatable bonds is 0. The zero-order chi connectivity index (χ0) is 95.2. The van der Waals surface area contributed by atoms with Gasteiger partial charge in [-0.1, -0.05) is 310 Å². The van der Waals surface area contributed by atoms with Crippen LogP contribution in [0.1, 0.15) is 374 Å². The fourth-order valence-electron chi connectivity index (χ4n) is 14.0. The van der Waals surface area contributed by atoms with Crippen LogP contribution in [0.3, 0.4) is 0 Å². The maximum absolute atomic E-state index is 11.1. The molecule has 2 aliphatic heterocycles. The second-order valence-corrected chi connectivity index (χ2v) is 46.9. The number of ether oxygens (including phenoxy) is 1. The molecule has 10 aromatic rings. The maximum Gasteiger partial charge on any atom is 0.228 e. The largest absolute Gasteiger partial charge is 0.381 e. The van der Waals surface area contributed by atoms with Crippen molar-refractivity contribution in [1.82, 2.24) is 59.8 Å². The summed E-state index contributed by atoms with van der Waals surface area (Å²) in [4.78, 5) is 31.3. The van der Waals surface area contributed by atoms with Crippen molar-refractivity contribution in [2.75, 3.05) is 18.5 Å². The molecule has 14 rings (SSSR count). The fraction of sp³-hybridized carbons (Fsp3) is 0.615. The van der Waals surface area contributed by atoms with Crippen LogP contribution in [-0.2, 0) is 78.8 Å². The van der Waals surface area contributed by atoms with E-state index in [1.807, 2.05) is 124 Å². The third kappa shape index (κ3) is 42.8. The smallest absolute Gasteiger partial charge is 0.228 e. The van der Waals surface area contributed by atoms with Crippen molar-refractivity contribution >= 4 is 22.5 Å². The number of carbonyl (C=O) groups excluding carboxylic acids is 1. The van der Waals surface area contributed by atoms with Gasteiger partial charge in [0.05, 0.1) is 36.2 Å². The van der Waals surface area contributed by atoms with Crippen LogP contribution in [0.25, 0.3) is 10.9 Å². The molecule has 2 aliphatic carbocycles. The number of hydrogen-bond acceptors (Lipinski definition) is 12. The molecule has 3 fully saturated rings. The molecule has 8 aromatic heterocycles. The minimum absolute atomic E-state index is 0.103. The number of H-pyrrole nitrogens is 1. The number of aromatic nitrogens is 12. The van der Waals surface area contributed by atoms with Gasteiger partial charge in [-0.3, -0.25) is 34.2 Å². The molecule has 0 atom stereocenters. The Bertz CT molecular complexity index is 4360. The fourth-order valence-corrected chi connectivity index (χ4v) is 14.0. The van der Waals surface area contributed by atoms with E-state index in [9.17, 15) is 4.79 Å². The number of nitrogens with one attached hydrogen (secondary N) is 2. The average Bonchev–Trinajstić information content (AvgIpc) is 1.71. The van der Waals surface area contributed by atoms with Gasteiger partial charge in [-0.05, 0) is 217 Å². The number of fused-ring (bicyclic) bond motifs is 2. The maximum atomic E-state index is 11.1. The Morgan fingerprint density at radius 3 is 1.24 bits per heavy atom. The minimum Gasteiger partial charge on any atom is -0.381 e. The Balaban J connectivity index is 0.000000353. The molecular formula is C109H175N13O3. The average molecular weight is 1720 g/mol. The SMILES string of the molecule is CC(C)(C)C1CC1.CC(C)(C)C1CCCCC1.CC(C)(C)C1CCOCC1.CC(C)(C)c1ccc2c(c1)CC(=O)N2.CC(C)(C)c1ccccn1.CC(C)(C)c1cccnc1.CC(C)(C)c1ccncc1.CC(C)(C)c1cn[nH]c1.CC(C)(C)c1cncnc1.Cc1noc(C)c1C(C)(C)C.Cn1cc(C(C)(C)C)cn1.Cn1ncc2ccc(C(C)(C)C)cc21. The molecule has 0 spiro atoms. The van der Waals surface area contributed by atoms with Crippen LogP contribution in [0.4, 0.5) is 5.69 Å². The van der Waals surface area contributed by atoms with Gasteiger partial charge in [0.2, 0.25) is 5.91 Å². The highest BCUT2D eigenvalue weighted by atomic mass is 16.5. The zero-order valence-electron chi connectivity index (χ0n) is 86.4. The number of benzene rings is 2. The topological polar surface area (TPSA) is 193 Å². The highest BCUT2D eigenvalue weighted by molar-refractivity contribution is 5.99. The first-order valence-electron chi connectivity index (χ1n) is 46.0. The predicted molar refractivity (Wildman–Crippen MR) is 532 cm³/mol. The lowest BCUT2D eigenvalue weighted by Gasteiger charge is -2.33. The molecule has 2 saturated carbocycles. The molecule has 10 heterocycles. The predicted octanol–water partition coefficient (Wildman–Crippen LogP) is 28.8. The molecule has 4 aliphatic rings. The Hall–Kier alpha value is -8.50. The summed E-state index contributed by atoms with van der Waals surface area (Å²) in [5.41, 5.74) is 19.1. The highest BCUT2D eigenvalue weighted by Crippen LogP contribution is 2.45. The van der Waals surface area contributed by atoms with Crippen LogP contribution in [0.2, 0.25) is 0 Å². The van der Waals surface area contributed by atoms with E-state index in [4.69, 9.17) is 9.26 Å². The van der Waals surface area contributed by atoms with E-state index in [0.29, 0.717) is 22.7 Å². The second kappa shape index (κ2) is 48.1. The van der Waals surface area contributed by atoms with Crippen molar-refractivity contribution in [2.24, 2.45) is 48.1 Å². The third-order valence-electron chi connectivity index (χ3n) is 22.9. The van der Waals surface area contributed by atoms with Gasteiger partial charge in [0.15, 0.2) is 0 Å². The Morgan fingerprint density at radius 1 is 0.408 bits per heavy atom. The van der Waals surface area contributed by atoms with E-state index in [1.54, 1.807) is 12.5 Å². The summed E-state index contributed by atoms with van der Waals surface area (Å²) in [6.45, 7) is 85.8. The standard InChI is InChI=1S/C12H16N2.C12H15NO.C10H20.C9H15NO.3C9H13N.C9H18O.C8H14N2.C8H12N2.C7H12N2.C7H14/c1-12(2,3)10-6-5-9-8-13-14(4)11(9)7-10;1-12(2,3)9-4-5-10-8(6-9)7-11(14)13-10;1-10(2,3)9-7-5-4-6-8-9;1-6-8(9(3,4)5)7(2)11-10-6;1-9(2,3)8-4-6-10-7-5-8;1-9(2,3)8-5-4-6-10-7-8;1-9(2,3)8-6-4-5-7-10-8;1-9(2,3)8-4-6-10-7-5-8;1-8(2,3)7-5-9-10(4)6-7;1-8(2,3)7-4-9-6-10-5-7;1-7(2,3)6-4-8-9-5-6;1-7(2,3)6-4-5-6/h5-8H,1-4H3;4-6H,7H2,1-3H3,(H,13,14);9H,4-8H2,1-3H3;1-5H3;3*4-7H,1-3H3;8H,4-7H2,1-3H3;5-6H,1-4H3;4-6H,1-3H3;4-5H,1-3H3,(H,8,9);6H,4-5H2,1-3H3. The van der Waals surface area contributed by atoms with Crippen LogP contribution < -0.4 is 5.32 Å². The van der Waals surface area contributed by atoms with Crippen molar-refractivity contribution in [3.05, 3.63) is 227 Å². The van der Waals surface area contributed by atoms with Crippen molar-refractivity contribution in [1.29, 1.82) is 0 Å². The van der Waals surface area contributed by atoms with Crippen molar-refractivity contribution in [2.45, 2.75) is 376 Å². The van der Waals surface area contributed by atoms with Crippen molar-refractivity contribution < 1.29 is 14.1 Å². The van der Waals surface area contributed by atoms with Gasteiger partial charge in [0.25, 0.3) is 0 Å². The van der Waals surface area contributed by atoms with Crippen molar-refractivity contribution in [3.8, 4) is 0 Å². The monoisotopic (exact) mass is 1710 g/mol. The van der Waals surface area contributed by atoms with Crippen LogP contribution in [0.15, 0.2) is 164 Å². The van der Waals surface area contributed by atoms with Gasteiger partial charge in [-0.25, -0.2) is 9.97 Å². The second-order valence-electron chi connectivity index (χ2n) is 46.9. The molecule has 0 unspecified atom stereocenters. The third-order valence-corrected chi connectivity index (χ3v) is 22.9. The Morgan fingerprint density at radius 2 is 0.904 bits per heavy atom. The normalized spacial score (nSPS) is 14.6. The minimum atomic E-state index is 0.103. The molecule has 125 heavy (non-hydrogen) atoms. The molecule has 1 saturated heterocycles. The van der Waals surface area contributed by atoms with E-state index in [0.717, 1.165) is 59.4 Å². The van der Waals surface area contributed by atoms with Gasteiger partial charge < -0.3 is 14.6 Å². The molecule has 694 valence electrons. The van der Waals surface area contributed by atoms with Gasteiger partial charge in [0, 0.05) is 111 Å². The van der Waals surface area contributed by atoms with Crippen LogP contribution in [0, 0.1) is 47.8 Å². The number of aryl methyl sites for hydroxylation is 4. The molecule has 2 N–H and O–H groups in total. The van der Waals surface area contributed by atoms with E-state index in [1.165, 1.54) is 113 Å². The van der Waals surface area contributed by atoms with E-state index < -0.39 is 0 Å². The lowest BCUT2D eigenvalue weighted by Crippen LogP contribution is -2.27. The van der Waals surface area contributed by atoms with Crippen LogP contribution in [-0.4, -0.2) is 79.0 Å². The number of hydrogen-bond donors (Lipinski definition) is 2. The van der Waals surface area contributed by atoms with Crippen LogP contribution in [0.5, 0.6) is 0 Å². The molecular weight excluding hydrogens is 1540 g/mol. The Kier molecular flexibility index (Phi) is 42.6. The highest BCUT2D eigenvalue weighted by Gasteiger charge is 2.34. The number of nitrogens with zero attached hydrogens (tertiary/aromatic N) is 11. The summed E-state index contributed by atoms with van der Waals surface area (Å²) in [7, 11) is 3.92. The number of carbonyl (C=O) groups is 1. The molecule has 0 bridgehead atoms. The summed E-state index contributed by atoms with van der Waals surface area (Å²) in [6.07, 6.45) is 37.5. The first kappa shape index (κ1) is 111. The van der Waals surface area contributed by atoms with E-state index in [2.05, 4.69) is 366 Å². The number of anilines is 1. The summed E-state index contributed by atoms with van der Waals surface area (Å²) in [6, 6.07) is 27.0. The molecule has 0 radical (unpaired) electrons. The lowest BCUT2D eigenvalue weighted by molar-refractivity contribution is -0.115. The zero-order valence-corrected chi connectivity index (χ0v) is 86.4. The van der Waals surface area contributed by atoms with Crippen molar-refractivity contribution in [3.63, 3.8) is 0 Å². The van der Waals surface area contributed by atoms with Gasteiger partial charge in [0.1, 0.15) is 12.1 Å². The lowest BCUT2D eigenvalue weighted by atomic mass is 9.72. The van der Waals surface area contributed by atoms with Crippen LogP contribution >= 0.6 is 0 Å². The summed E-state index contributed by atoms with van der Waals surface area (Å²) in [5.74, 6) is 3.97. The molecule has 1 amide bonds. The quantitative estimate of drug-likeness (QED) is 0.146. The summed E-state index contributed by atoms with van der Waals surface area (Å²) < 4.78 is 14.1. The molecule has 16 nitrogen and oxygen atoms in total. The van der Waals surface area contributed by atoms with Gasteiger partial charge in [-0.2, -0.15) is 15.3 Å². The van der Waals surface area contributed by atoms with E-state index in [-0.39, 0.29) is 54.6 Å². The number of amides is 1. The van der Waals surface area contributed by atoms with E-state index >= 15 is 0 Å². The number of aromatic amines is 1. The molecule has 16 heteroatoms. The van der Waals surface area contributed by atoms with Gasteiger partial charge in [-0.15, -0.1) is 0 Å². The summed E-state index contributed by atoms with van der Waals surface area (Å²) >= 11 is 0. The first-order chi connectivity index (χ1) is 57.2. The Labute approximate surface area is 761 Å². The summed E-state index contributed by atoms with van der Waals surface area (Å²) in [5, 5.41) is 22.9.